The minimum atomic E-state index is -1.08. The lowest BCUT2D eigenvalue weighted by Gasteiger charge is -2.25. The monoisotopic (exact) mass is 301 g/mol. The first-order chi connectivity index (χ1) is 10.6. The summed E-state index contributed by atoms with van der Waals surface area (Å²) in [6.45, 7) is 2.16. The second-order valence-electron chi connectivity index (χ2n) is 4.96. The molecule has 0 saturated heterocycles. The largest absolute Gasteiger partial charge is 0.480 e. The first kappa shape index (κ1) is 16.0. The smallest absolute Gasteiger partial charge is 0.328 e. The molecular weight excluding hydrogens is 282 g/mol. The molecular formula is C17H19NO4. The van der Waals surface area contributed by atoms with Crippen LogP contribution in [0.3, 0.4) is 0 Å². The third-order valence-electron chi connectivity index (χ3n) is 3.57. The van der Waals surface area contributed by atoms with Gasteiger partial charge in [-0.15, -0.1) is 0 Å². The lowest BCUT2D eigenvalue weighted by molar-refractivity contribution is -0.144. The number of benzene rings is 2. The van der Waals surface area contributed by atoms with Crippen molar-refractivity contribution in [1.29, 1.82) is 0 Å². The molecule has 0 aliphatic heterocycles. The molecule has 0 heterocycles. The van der Waals surface area contributed by atoms with E-state index < -0.39 is 12.0 Å². The van der Waals surface area contributed by atoms with Gasteiger partial charge in [0.15, 0.2) is 6.04 Å². The second-order valence-corrected chi connectivity index (χ2v) is 4.96. The van der Waals surface area contributed by atoms with Gasteiger partial charge in [0.25, 0.3) is 5.91 Å². The Morgan fingerprint density at radius 2 is 1.86 bits per heavy atom. The first-order valence-corrected chi connectivity index (χ1v) is 7.11. The van der Waals surface area contributed by atoms with Crippen LogP contribution in [-0.4, -0.2) is 48.2 Å². The van der Waals surface area contributed by atoms with E-state index in [1.807, 2.05) is 30.3 Å². The molecule has 5 heteroatoms. The van der Waals surface area contributed by atoms with E-state index >= 15 is 0 Å². The number of hydrogen-bond donors (Lipinski definition) is 1. The van der Waals surface area contributed by atoms with Crippen LogP contribution in [-0.2, 0) is 9.53 Å². The molecule has 2 aromatic carbocycles. The molecule has 1 unspecified atom stereocenters. The van der Waals surface area contributed by atoms with Crippen LogP contribution in [0.15, 0.2) is 42.5 Å². The Balaban J connectivity index is 2.34. The zero-order valence-electron chi connectivity index (χ0n) is 12.7. The van der Waals surface area contributed by atoms with Crippen LogP contribution in [0, 0.1) is 0 Å². The average Bonchev–Trinajstić information content (AvgIpc) is 2.53. The summed E-state index contributed by atoms with van der Waals surface area (Å²) in [6, 6.07) is 11.9. The molecule has 2 rings (SSSR count). The summed E-state index contributed by atoms with van der Waals surface area (Å²) in [5.74, 6) is -1.41. The fourth-order valence-corrected chi connectivity index (χ4v) is 2.32. The molecule has 0 bridgehead atoms. The summed E-state index contributed by atoms with van der Waals surface area (Å²) in [5, 5.41) is 11.1. The van der Waals surface area contributed by atoms with E-state index in [1.165, 1.54) is 11.9 Å². The van der Waals surface area contributed by atoms with Crippen molar-refractivity contribution in [3.8, 4) is 0 Å². The van der Waals surface area contributed by atoms with Gasteiger partial charge in [-0.3, -0.25) is 4.79 Å². The summed E-state index contributed by atoms with van der Waals surface area (Å²) in [4.78, 5) is 25.3. The zero-order valence-corrected chi connectivity index (χ0v) is 12.7. The van der Waals surface area contributed by atoms with E-state index in [9.17, 15) is 14.7 Å². The maximum Gasteiger partial charge on any atom is 0.328 e. The second kappa shape index (κ2) is 7.04. The van der Waals surface area contributed by atoms with Gasteiger partial charge < -0.3 is 14.7 Å². The molecule has 1 N–H and O–H groups in total. The Kier molecular flexibility index (Phi) is 5.12. The highest BCUT2D eigenvalue weighted by Crippen LogP contribution is 2.20. The number of carbonyl (C=O) groups is 2. The lowest BCUT2D eigenvalue weighted by atomic mass is 10.0. The van der Waals surface area contributed by atoms with Crippen LogP contribution in [0.25, 0.3) is 10.8 Å². The number of amides is 1. The summed E-state index contributed by atoms with van der Waals surface area (Å²) >= 11 is 0. The van der Waals surface area contributed by atoms with Gasteiger partial charge in [0.2, 0.25) is 0 Å². The molecule has 0 spiro atoms. The topological polar surface area (TPSA) is 66.8 Å². The van der Waals surface area contributed by atoms with Gasteiger partial charge >= 0.3 is 5.97 Å². The van der Waals surface area contributed by atoms with Crippen molar-refractivity contribution in [2.75, 3.05) is 20.3 Å². The highest BCUT2D eigenvalue weighted by molar-refractivity contribution is 6.07. The van der Waals surface area contributed by atoms with E-state index in [0.29, 0.717) is 12.2 Å². The first-order valence-electron chi connectivity index (χ1n) is 7.11. The molecule has 0 aromatic heterocycles. The molecule has 5 nitrogen and oxygen atoms in total. The van der Waals surface area contributed by atoms with Crippen molar-refractivity contribution in [2.24, 2.45) is 0 Å². The van der Waals surface area contributed by atoms with Gasteiger partial charge in [0.1, 0.15) is 0 Å². The standard InChI is InChI=1S/C17H19NO4/c1-3-22-11-15(17(20)21)18(2)16(19)14-10-6-8-12-7-4-5-9-13(12)14/h4-10,15H,3,11H2,1-2H3,(H,20,21). The molecule has 22 heavy (non-hydrogen) atoms. The predicted molar refractivity (Wildman–Crippen MR) is 84.0 cm³/mol. The Labute approximate surface area is 129 Å². The molecule has 116 valence electrons. The summed E-state index contributed by atoms with van der Waals surface area (Å²) in [5.41, 5.74) is 0.489. The van der Waals surface area contributed by atoms with Gasteiger partial charge in [0.05, 0.1) is 6.61 Å². The third kappa shape index (κ3) is 3.26. The van der Waals surface area contributed by atoms with E-state index in [-0.39, 0.29) is 12.5 Å². The quantitative estimate of drug-likeness (QED) is 0.889. The van der Waals surface area contributed by atoms with E-state index in [2.05, 4.69) is 0 Å². The number of fused-ring (bicyclic) bond motifs is 1. The maximum absolute atomic E-state index is 12.7. The van der Waals surface area contributed by atoms with E-state index in [1.54, 1.807) is 19.1 Å². The van der Waals surface area contributed by atoms with Crippen molar-refractivity contribution >= 4 is 22.6 Å². The number of aliphatic carboxylic acids is 1. The van der Waals surface area contributed by atoms with Gasteiger partial charge in [-0.2, -0.15) is 0 Å². The minimum absolute atomic E-state index is 0.0289. The fourth-order valence-electron chi connectivity index (χ4n) is 2.32. The van der Waals surface area contributed by atoms with Crippen LogP contribution < -0.4 is 0 Å². The minimum Gasteiger partial charge on any atom is -0.480 e. The zero-order chi connectivity index (χ0) is 16.1. The summed E-state index contributed by atoms with van der Waals surface area (Å²) < 4.78 is 5.18. The molecule has 0 aliphatic carbocycles. The maximum atomic E-state index is 12.7. The van der Waals surface area contributed by atoms with Crippen LogP contribution in [0.4, 0.5) is 0 Å². The van der Waals surface area contributed by atoms with E-state index in [4.69, 9.17) is 4.74 Å². The Bertz CT molecular complexity index is 678. The highest BCUT2D eigenvalue weighted by Gasteiger charge is 2.28. The molecule has 0 radical (unpaired) electrons. The Morgan fingerprint density at radius 1 is 1.18 bits per heavy atom. The SMILES string of the molecule is CCOCC(C(=O)O)N(C)C(=O)c1cccc2ccccc12. The number of carbonyl (C=O) groups excluding carboxylic acids is 1. The number of ether oxygens (including phenoxy) is 1. The number of carboxylic acids is 1. The Morgan fingerprint density at radius 3 is 2.55 bits per heavy atom. The molecule has 0 aliphatic rings. The van der Waals surface area contributed by atoms with Crippen molar-refractivity contribution in [1.82, 2.24) is 4.90 Å². The fraction of sp³-hybridized carbons (Fsp3) is 0.294. The van der Waals surface area contributed by atoms with Gasteiger partial charge in [-0.25, -0.2) is 4.79 Å². The molecule has 0 fully saturated rings. The summed E-state index contributed by atoms with van der Waals surface area (Å²) in [6.07, 6.45) is 0. The highest BCUT2D eigenvalue weighted by atomic mass is 16.5. The summed E-state index contributed by atoms with van der Waals surface area (Å²) in [7, 11) is 1.49. The van der Waals surface area contributed by atoms with Crippen LogP contribution >= 0.6 is 0 Å². The number of rotatable bonds is 6. The lowest BCUT2D eigenvalue weighted by Crippen LogP contribution is -2.45. The Hall–Kier alpha value is -2.40. The third-order valence-corrected chi connectivity index (χ3v) is 3.57. The average molecular weight is 301 g/mol. The number of nitrogens with zero attached hydrogens (tertiary/aromatic N) is 1. The number of likely N-dealkylation sites (N-methyl/N-ethyl adjacent to an activating group) is 1. The molecule has 1 atom stereocenters. The van der Waals surface area contributed by atoms with Gasteiger partial charge in [0, 0.05) is 19.2 Å². The van der Waals surface area contributed by atoms with Crippen molar-refractivity contribution < 1.29 is 19.4 Å². The van der Waals surface area contributed by atoms with Crippen molar-refractivity contribution in [2.45, 2.75) is 13.0 Å². The molecule has 0 saturated carbocycles. The van der Waals surface area contributed by atoms with Crippen LogP contribution in [0.1, 0.15) is 17.3 Å². The predicted octanol–water partition coefficient (Wildman–Crippen LogP) is 2.40. The molecule has 1 amide bonds. The van der Waals surface area contributed by atoms with Crippen molar-refractivity contribution in [3.63, 3.8) is 0 Å². The number of hydrogen-bond acceptors (Lipinski definition) is 3. The molecule has 2 aromatic rings. The van der Waals surface area contributed by atoms with Gasteiger partial charge in [-0.1, -0.05) is 36.4 Å². The normalized spacial score (nSPS) is 12.1. The van der Waals surface area contributed by atoms with Crippen LogP contribution in [0.2, 0.25) is 0 Å². The number of carboxylic acid groups (broad SMARTS) is 1. The van der Waals surface area contributed by atoms with Crippen LogP contribution in [0.5, 0.6) is 0 Å². The van der Waals surface area contributed by atoms with E-state index in [0.717, 1.165) is 10.8 Å². The van der Waals surface area contributed by atoms with Gasteiger partial charge in [-0.05, 0) is 23.8 Å². The van der Waals surface area contributed by atoms with Crippen molar-refractivity contribution in [3.05, 3.63) is 48.0 Å².